The van der Waals surface area contributed by atoms with Crippen LogP contribution in [0.4, 0.5) is 13.2 Å². The highest BCUT2D eigenvalue weighted by molar-refractivity contribution is 5.94. The number of fused-ring (bicyclic) bond motifs is 2. The molecule has 0 aromatic carbocycles. The second-order valence-electron chi connectivity index (χ2n) is 10.9. The Morgan fingerprint density at radius 2 is 1.87 bits per heavy atom. The first-order chi connectivity index (χ1) is 18.2. The predicted octanol–water partition coefficient (Wildman–Crippen LogP) is 3.47. The smallest absolute Gasteiger partial charge is 0.299 e. The van der Waals surface area contributed by atoms with Gasteiger partial charge in [0.05, 0.1) is 19.0 Å². The zero-order chi connectivity index (χ0) is 26.7. The Kier molecular flexibility index (Phi) is 6.12. The van der Waals surface area contributed by atoms with E-state index in [-0.39, 0.29) is 65.8 Å². The summed E-state index contributed by atoms with van der Waals surface area (Å²) in [6.45, 7) is -0.515. The number of amides is 2. The summed E-state index contributed by atoms with van der Waals surface area (Å²) in [5, 5.41) is 9.95. The van der Waals surface area contributed by atoms with Gasteiger partial charge in [-0.05, 0) is 57.4 Å². The lowest BCUT2D eigenvalue weighted by atomic mass is 9.75. The SMILES string of the molecule is COc1cc(-c2cc(C(=O)N3[C@@H]4CC[C@H]3C[C@H](C(=O)NC3CCC5(CC3)OCC5(F)F)C4)n[nH]2)c(F)cn1. The molecule has 5 heterocycles. The van der Waals surface area contributed by atoms with Gasteiger partial charge in [-0.25, -0.2) is 18.2 Å². The lowest BCUT2D eigenvalue weighted by Crippen LogP contribution is -2.65. The Morgan fingerprint density at radius 1 is 1.16 bits per heavy atom. The number of nitrogens with zero attached hydrogens (tertiary/aromatic N) is 3. The fourth-order valence-electron chi connectivity index (χ4n) is 6.60. The number of rotatable bonds is 5. The van der Waals surface area contributed by atoms with E-state index in [1.54, 1.807) is 0 Å². The summed E-state index contributed by atoms with van der Waals surface area (Å²) in [6.07, 6.45) is 5.15. The average molecular weight is 534 g/mol. The van der Waals surface area contributed by atoms with E-state index in [0.717, 1.165) is 19.0 Å². The maximum Gasteiger partial charge on any atom is 0.299 e. The molecule has 12 heteroatoms. The summed E-state index contributed by atoms with van der Waals surface area (Å²) < 4.78 is 52.5. The molecule has 4 aliphatic rings. The fraction of sp³-hybridized carbons (Fsp3) is 0.615. The van der Waals surface area contributed by atoms with E-state index < -0.39 is 23.9 Å². The fourth-order valence-corrected chi connectivity index (χ4v) is 6.60. The highest BCUT2D eigenvalue weighted by Crippen LogP contribution is 2.50. The number of alkyl halides is 2. The topological polar surface area (TPSA) is 109 Å². The van der Waals surface area contributed by atoms with Crippen LogP contribution in [0, 0.1) is 11.7 Å². The average Bonchev–Trinajstić information content (AvgIpc) is 3.50. The van der Waals surface area contributed by atoms with Crippen LogP contribution in [0.3, 0.4) is 0 Å². The molecule has 2 N–H and O–H groups in total. The molecule has 2 amide bonds. The zero-order valence-corrected chi connectivity index (χ0v) is 21.0. The molecule has 9 nitrogen and oxygen atoms in total. The summed E-state index contributed by atoms with van der Waals surface area (Å²) in [4.78, 5) is 32.1. The number of aromatic nitrogens is 3. The number of ether oxygens (including phenoxy) is 2. The number of piperidine rings is 1. The van der Waals surface area contributed by atoms with E-state index in [4.69, 9.17) is 9.47 Å². The van der Waals surface area contributed by atoms with Crippen LogP contribution < -0.4 is 10.1 Å². The molecule has 2 aromatic rings. The van der Waals surface area contributed by atoms with Crippen molar-refractivity contribution in [2.75, 3.05) is 13.7 Å². The number of pyridine rings is 1. The van der Waals surface area contributed by atoms with Crippen molar-refractivity contribution >= 4 is 11.8 Å². The number of aromatic amines is 1. The van der Waals surface area contributed by atoms with Gasteiger partial charge < -0.3 is 19.7 Å². The maximum atomic E-state index is 14.3. The van der Waals surface area contributed by atoms with Gasteiger partial charge in [0.15, 0.2) is 11.5 Å². The van der Waals surface area contributed by atoms with Crippen LogP contribution in [0.1, 0.15) is 61.9 Å². The molecule has 3 atom stereocenters. The summed E-state index contributed by atoms with van der Waals surface area (Å²) in [6, 6.07) is 2.63. The van der Waals surface area contributed by atoms with Gasteiger partial charge >= 0.3 is 0 Å². The highest BCUT2D eigenvalue weighted by atomic mass is 19.3. The maximum absolute atomic E-state index is 14.3. The zero-order valence-electron chi connectivity index (χ0n) is 21.0. The third-order valence-corrected chi connectivity index (χ3v) is 8.80. The van der Waals surface area contributed by atoms with E-state index >= 15 is 0 Å². The van der Waals surface area contributed by atoms with Crippen molar-refractivity contribution in [1.82, 2.24) is 25.4 Å². The number of methoxy groups -OCH3 is 1. The number of hydrogen-bond acceptors (Lipinski definition) is 6. The first kappa shape index (κ1) is 25.1. The van der Waals surface area contributed by atoms with Crippen LogP contribution in [0.2, 0.25) is 0 Å². The van der Waals surface area contributed by atoms with Gasteiger partial charge in [-0.1, -0.05) is 0 Å². The molecular weight excluding hydrogens is 503 g/mol. The van der Waals surface area contributed by atoms with Gasteiger partial charge in [-0.15, -0.1) is 0 Å². The van der Waals surface area contributed by atoms with Crippen LogP contribution in [0.5, 0.6) is 5.88 Å². The largest absolute Gasteiger partial charge is 0.481 e. The Bertz CT molecular complexity index is 1230. The van der Waals surface area contributed by atoms with Crippen molar-refractivity contribution in [1.29, 1.82) is 0 Å². The molecule has 1 aliphatic carbocycles. The van der Waals surface area contributed by atoms with Crippen LogP contribution in [-0.4, -0.2) is 75.3 Å². The first-order valence-electron chi connectivity index (χ1n) is 13.1. The van der Waals surface area contributed by atoms with Crippen molar-refractivity contribution in [2.24, 2.45) is 5.92 Å². The van der Waals surface area contributed by atoms with Crippen LogP contribution in [0.25, 0.3) is 11.3 Å². The van der Waals surface area contributed by atoms with Gasteiger partial charge in [-0.2, -0.15) is 5.10 Å². The minimum absolute atomic E-state index is 0.0691. The molecule has 6 rings (SSSR count). The van der Waals surface area contributed by atoms with Crippen LogP contribution in [0.15, 0.2) is 18.3 Å². The molecule has 204 valence electrons. The number of H-pyrrole nitrogens is 1. The van der Waals surface area contributed by atoms with Crippen molar-refractivity contribution in [3.05, 3.63) is 29.8 Å². The minimum atomic E-state index is -2.78. The standard InChI is InChI=1S/C26H30F3N5O4/c1-37-22-10-18(19(27)12-30-22)20-11-21(33-32-20)24(36)34-16-2-3-17(34)9-14(8-16)23(35)31-15-4-6-25(7-5-15)26(28,29)13-38-25/h10-12,14-17H,2-9,13H2,1H3,(H,31,35)(H,32,33)/t14-,15?,16-,17+,25?. The van der Waals surface area contributed by atoms with Crippen LogP contribution >= 0.6 is 0 Å². The molecule has 1 saturated carbocycles. The Labute approximate surface area is 217 Å². The number of nitrogens with one attached hydrogen (secondary N) is 2. The molecule has 0 radical (unpaired) electrons. The van der Waals surface area contributed by atoms with E-state index in [0.29, 0.717) is 31.4 Å². The molecule has 0 unspecified atom stereocenters. The van der Waals surface area contributed by atoms with E-state index in [1.165, 1.54) is 19.2 Å². The van der Waals surface area contributed by atoms with Gasteiger partial charge in [0.1, 0.15) is 12.2 Å². The molecule has 2 bridgehead atoms. The third-order valence-electron chi connectivity index (χ3n) is 8.80. The minimum Gasteiger partial charge on any atom is -0.481 e. The van der Waals surface area contributed by atoms with Gasteiger partial charge in [-0.3, -0.25) is 14.7 Å². The van der Waals surface area contributed by atoms with Crippen molar-refractivity contribution in [2.45, 2.75) is 81.0 Å². The monoisotopic (exact) mass is 533 g/mol. The Hall–Kier alpha value is -3.15. The van der Waals surface area contributed by atoms with Gasteiger partial charge in [0, 0.05) is 35.7 Å². The van der Waals surface area contributed by atoms with Crippen molar-refractivity contribution in [3.8, 4) is 17.1 Å². The number of carbonyl (C=O) groups is 2. The Morgan fingerprint density at radius 3 is 2.47 bits per heavy atom. The predicted molar refractivity (Wildman–Crippen MR) is 128 cm³/mol. The van der Waals surface area contributed by atoms with Gasteiger partial charge in [0.25, 0.3) is 11.8 Å². The molecular formula is C26H30F3N5O4. The molecule has 3 aliphatic heterocycles. The second kappa shape index (κ2) is 9.25. The van der Waals surface area contributed by atoms with E-state index in [9.17, 15) is 22.8 Å². The summed E-state index contributed by atoms with van der Waals surface area (Å²) in [5.41, 5.74) is -0.628. The van der Waals surface area contributed by atoms with E-state index in [2.05, 4.69) is 20.5 Å². The van der Waals surface area contributed by atoms with Crippen molar-refractivity contribution < 1.29 is 32.2 Å². The summed E-state index contributed by atoms with van der Waals surface area (Å²) in [7, 11) is 1.43. The van der Waals surface area contributed by atoms with Crippen LogP contribution in [-0.2, 0) is 9.53 Å². The van der Waals surface area contributed by atoms with E-state index in [1.807, 2.05) is 4.90 Å². The lowest BCUT2D eigenvalue weighted by Gasteiger charge is -2.52. The molecule has 38 heavy (non-hydrogen) atoms. The lowest BCUT2D eigenvalue weighted by molar-refractivity contribution is -0.338. The highest BCUT2D eigenvalue weighted by Gasteiger charge is 2.64. The molecule has 1 spiro atoms. The number of halogens is 3. The molecule has 3 saturated heterocycles. The summed E-state index contributed by atoms with van der Waals surface area (Å²) in [5.74, 6) is -3.66. The second-order valence-corrected chi connectivity index (χ2v) is 10.9. The quantitative estimate of drug-likeness (QED) is 0.609. The number of carbonyl (C=O) groups excluding carboxylic acids is 2. The summed E-state index contributed by atoms with van der Waals surface area (Å²) >= 11 is 0. The third kappa shape index (κ3) is 4.13. The Balaban J connectivity index is 1.07. The van der Waals surface area contributed by atoms with Crippen molar-refractivity contribution in [3.63, 3.8) is 0 Å². The number of hydrogen-bond donors (Lipinski definition) is 2. The van der Waals surface area contributed by atoms with Gasteiger partial charge in [0.2, 0.25) is 11.8 Å². The molecule has 4 fully saturated rings. The molecule has 2 aromatic heterocycles. The first-order valence-corrected chi connectivity index (χ1v) is 13.1. The normalized spacial score (nSPS) is 31.6.